The van der Waals surface area contributed by atoms with E-state index in [1.165, 1.54) is 5.56 Å². The molecule has 2 nitrogen and oxygen atoms in total. The molecule has 2 heteroatoms. The van der Waals surface area contributed by atoms with Crippen LogP contribution in [0.25, 0.3) is 0 Å². The lowest BCUT2D eigenvalue weighted by atomic mass is 10.0. The smallest absolute Gasteiger partial charge is 0.255 e. The van der Waals surface area contributed by atoms with E-state index in [2.05, 4.69) is 24.2 Å². The number of carbonyl (C=O) groups is 1. The van der Waals surface area contributed by atoms with E-state index in [-0.39, 0.29) is 11.8 Å². The summed E-state index contributed by atoms with van der Waals surface area (Å²) in [5, 5.41) is 2.93. The molecule has 0 saturated carbocycles. The first-order valence-corrected chi connectivity index (χ1v) is 8.11. The molecule has 1 aromatic carbocycles. The molecule has 1 N–H and O–H groups in total. The van der Waals surface area contributed by atoms with Crippen LogP contribution in [0.15, 0.2) is 41.6 Å². The molecule has 1 unspecified atom stereocenters. The zero-order valence-electron chi connectivity index (χ0n) is 14.9. The molecule has 0 fully saturated rings. The van der Waals surface area contributed by atoms with Crippen molar-refractivity contribution in [3.05, 3.63) is 58.3 Å². The lowest BCUT2D eigenvalue weighted by Gasteiger charge is -2.10. The van der Waals surface area contributed by atoms with E-state index >= 15 is 0 Å². The van der Waals surface area contributed by atoms with Crippen molar-refractivity contribution in [2.45, 2.75) is 47.5 Å². The summed E-state index contributed by atoms with van der Waals surface area (Å²) < 4.78 is 0. The van der Waals surface area contributed by atoms with E-state index in [9.17, 15) is 4.79 Å². The fourth-order valence-electron chi connectivity index (χ4n) is 2.25. The van der Waals surface area contributed by atoms with Crippen molar-refractivity contribution in [2.24, 2.45) is 5.92 Å². The molecule has 122 valence electrons. The predicted octanol–water partition coefficient (Wildman–Crippen LogP) is 4.80. The van der Waals surface area contributed by atoms with E-state index in [4.69, 9.17) is 6.42 Å². The maximum atomic E-state index is 12.4. The maximum Gasteiger partial charge on any atom is 0.255 e. The topological polar surface area (TPSA) is 29.1 Å². The third kappa shape index (κ3) is 5.79. The number of hydrogen-bond donors (Lipinski definition) is 1. The minimum atomic E-state index is -0.0738. The summed E-state index contributed by atoms with van der Waals surface area (Å²) in [6, 6.07) is 6.03. The zero-order valence-corrected chi connectivity index (χ0v) is 14.9. The summed E-state index contributed by atoms with van der Waals surface area (Å²) >= 11 is 0. The van der Waals surface area contributed by atoms with Gasteiger partial charge in [0.05, 0.1) is 0 Å². The molecule has 0 radical (unpaired) electrons. The molecular formula is C21H27NO. The molecule has 1 amide bonds. The maximum absolute atomic E-state index is 12.4. The van der Waals surface area contributed by atoms with Gasteiger partial charge in [-0.25, -0.2) is 0 Å². The van der Waals surface area contributed by atoms with Crippen molar-refractivity contribution in [3.63, 3.8) is 0 Å². The second-order valence-corrected chi connectivity index (χ2v) is 6.00. The standard InChI is InChI=1S/C21H27NO/c1-7-9-19-12-13-20(17(5)14-19)21(23)22-18(6)11-10-16(4)15(3)8-2/h2,10-15H,7,9H2,1,3-6H3,(H,22,23)/b16-10-,18-11+. The molecule has 1 atom stereocenters. The summed E-state index contributed by atoms with van der Waals surface area (Å²) in [5.41, 5.74) is 4.90. The predicted molar refractivity (Wildman–Crippen MR) is 98.2 cm³/mol. The van der Waals surface area contributed by atoms with Crippen molar-refractivity contribution < 1.29 is 4.79 Å². The van der Waals surface area contributed by atoms with Gasteiger partial charge in [0.1, 0.15) is 0 Å². The van der Waals surface area contributed by atoms with Crippen LogP contribution in [0.2, 0.25) is 0 Å². The number of nitrogens with one attached hydrogen (secondary N) is 1. The third-order valence-electron chi connectivity index (χ3n) is 3.91. The Balaban J connectivity index is 2.82. The minimum absolute atomic E-state index is 0.0738. The Labute approximate surface area is 140 Å². The summed E-state index contributed by atoms with van der Waals surface area (Å²) in [6.07, 6.45) is 11.4. The highest BCUT2D eigenvalue weighted by Crippen LogP contribution is 2.13. The normalized spacial score (nSPS) is 13.4. The van der Waals surface area contributed by atoms with Crippen LogP contribution in [0.5, 0.6) is 0 Å². The van der Waals surface area contributed by atoms with E-state index < -0.39 is 0 Å². The Morgan fingerprint density at radius 2 is 2.04 bits per heavy atom. The summed E-state index contributed by atoms with van der Waals surface area (Å²) in [7, 11) is 0. The second kappa shape index (κ2) is 9.00. The van der Waals surface area contributed by atoms with Gasteiger partial charge in [0.2, 0.25) is 0 Å². The monoisotopic (exact) mass is 309 g/mol. The van der Waals surface area contributed by atoms with Gasteiger partial charge in [-0.05, 0) is 57.4 Å². The molecule has 0 aromatic heterocycles. The fraction of sp³-hybridized carbons (Fsp3) is 0.381. The molecule has 0 aliphatic heterocycles. The molecule has 1 aromatic rings. The van der Waals surface area contributed by atoms with Crippen LogP contribution >= 0.6 is 0 Å². The van der Waals surface area contributed by atoms with Crippen LogP contribution in [0.3, 0.4) is 0 Å². The molecular weight excluding hydrogens is 282 g/mol. The lowest BCUT2D eigenvalue weighted by Crippen LogP contribution is -2.22. The van der Waals surface area contributed by atoms with E-state index in [0.29, 0.717) is 0 Å². The fourth-order valence-corrected chi connectivity index (χ4v) is 2.25. The molecule has 0 spiro atoms. The Bertz CT molecular complexity index is 659. The Hall–Kier alpha value is -2.27. The second-order valence-electron chi connectivity index (χ2n) is 6.00. The van der Waals surface area contributed by atoms with Gasteiger partial charge < -0.3 is 5.32 Å². The van der Waals surface area contributed by atoms with Crippen LogP contribution in [0.4, 0.5) is 0 Å². The molecule has 23 heavy (non-hydrogen) atoms. The Kier molecular flexibility index (Phi) is 7.35. The number of allylic oxidation sites excluding steroid dienone is 4. The van der Waals surface area contributed by atoms with Gasteiger partial charge in [0, 0.05) is 17.2 Å². The van der Waals surface area contributed by atoms with Gasteiger partial charge in [-0.3, -0.25) is 4.79 Å². The van der Waals surface area contributed by atoms with Gasteiger partial charge in [-0.1, -0.05) is 43.0 Å². The lowest BCUT2D eigenvalue weighted by molar-refractivity contribution is 0.0965. The number of amides is 1. The molecule has 0 aliphatic carbocycles. The quantitative estimate of drug-likeness (QED) is 0.593. The third-order valence-corrected chi connectivity index (χ3v) is 3.91. The average Bonchev–Trinajstić information content (AvgIpc) is 2.52. The van der Waals surface area contributed by atoms with Crippen molar-refractivity contribution in [1.29, 1.82) is 0 Å². The first-order chi connectivity index (χ1) is 10.9. The average molecular weight is 309 g/mol. The minimum Gasteiger partial charge on any atom is -0.326 e. The van der Waals surface area contributed by atoms with Crippen molar-refractivity contribution in [1.82, 2.24) is 5.32 Å². The number of benzene rings is 1. The van der Waals surface area contributed by atoms with Crippen molar-refractivity contribution >= 4 is 5.91 Å². The first kappa shape index (κ1) is 18.8. The highest BCUT2D eigenvalue weighted by atomic mass is 16.1. The number of terminal acetylenes is 1. The molecule has 0 bridgehead atoms. The summed E-state index contributed by atoms with van der Waals surface area (Å²) in [5.74, 6) is 2.72. The summed E-state index contributed by atoms with van der Waals surface area (Å²) in [6.45, 7) is 9.98. The van der Waals surface area contributed by atoms with Crippen LogP contribution < -0.4 is 5.32 Å². The molecule has 0 aliphatic rings. The highest BCUT2D eigenvalue weighted by molar-refractivity contribution is 5.96. The van der Waals surface area contributed by atoms with Gasteiger partial charge in [-0.2, -0.15) is 0 Å². The van der Waals surface area contributed by atoms with Crippen LogP contribution in [0.1, 0.15) is 55.6 Å². The summed E-state index contributed by atoms with van der Waals surface area (Å²) in [4.78, 5) is 12.4. The Morgan fingerprint density at radius 1 is 1.35 bits per heavy atom. The largest absolute Gasteiger partial charge is 0.326 e. The van der Waals surface area contributed by atoms with Crippen LogP contribution in [-0.4, -0.2) is 5.91 Å². The van der Waals surface area contributed by atoms with Crippen molar-refractivity contribution in [3.8, 4) is 12.3 Å². The van der Waals surface area contributed by atoms with Crippen LogP contribution in [-0.2, 0) is 6.42 Å². The molecule has 0 saturated heterocycles. The number of aryl methyl sites for hydroxylation is 2. The van der Waals surface area contributed by atoms with E-state index in [1.807, 2.05) is 52.0 Å². The van der Waals surface area contributed by atoms with Gasteiger partial charge in [0.25, 0.3) is 5.91 Å². The van der Waals surface area contributed by atoms with Crippen LogP contribution in [0, 0.1) is 25.2 Å². The van der Waals surface area contributed by atoms with Gasteiger partial charge >= 0.3 is 0 Å². The van der Waals surface area contributed by atoms with Crippen molar-refractivity contribution in [2.75, 3.05) is 0 Å². The first-order valence-electron chi connectivity index (χ1n) is 8.11. The number of carbonyl (C=O) groups excluding carboxylic acids is 1. The van der Waals surface area contributed by atoms with E-state index in [0.717, 1.165) is 35.2 Å². The molecule has 0 heterocycles. The number of rotatable bonds is 6. The Morgan fingerprint density at radius 3 is 2.61 bits per heavy atom. The number of hydrogen-bond acceptors (Lipinski definition) is 1. The van der Waals surface area contributed by atoms with Gasteiger partial charge in [-0.15, -0.1) is 6.42 Å². The SMILES string of the molecule is C#CC(C)/C(C)=C\C=C(/C)NC(=O)c1ccc(CCC)cc1C. The van der Waals surface area contributed by atoms with Gasteiger partial charge in [0.15, 0.2) is 0 Å². The zero-order chi connectivity index (χ0) is 17.4. The van der Waals surface area contributed by atoms with E-state index in [1.54, 1.807) is 0 Å². The molecule has 1 rings (SSSR count). The highest BCUT2D eigenvalue weighted by Gasteiger charge is 2.09.